The Bertz CT molecular complexity index is 934. The molecule has 2 aromatic carbocycles. The second-order valence-electron chi connectivity index (χ2n) is 6.40. The molecule has 0 radical (unpaired) electrons. The highest BCUT2D eigenvalue weighted by Crippen LogP contribution is 2.29. The molecule has 0 bridgehead atoms. The van der Waals surface area contributed by atoms with Gasteiger partial charge in [-0.2, -0.15) is 0 Å². The zero-order chi connectivity index (χ0) is 20.8. The normalized spacial score (nSPS) is 12.9. The maximum Gasteiger partial charge on any atom is 0.316 e. The molecule has 9 heteroatoms. The van der Waals surface area contributed by atoms with Gasteiger partial charge in [0.2, 0.25) is 0 Å². The molecular weight excluding hydrogens is 435 g/mol. The minimum Gasteiger partial charge on any atom is -0.455 e. The lowest BCUT2D eigenvalue weighted by molar-refractivity contribution is -0.144. The fourth-order valence-corrected chi connectivity index (χ4v) is 3.63. The van der Waals surface area contributed by atoms with Gasteiger partial charge in [0, 0.05) is 27.2 Å². The summed E-state index contributed by atoms with van der Waals surface area (Å²) in [4.78, 5) is 36.6. The van der Waals surface area contributed by atoms with Gasteiger partial charge in [-0.3, -0.25) is 14.4 Å². The fraction of sp³-hybridized carbons (Fsp3) is 0.250. The summed E-state index contributed by atoms with van der Waals surface area (Å²) >= 11 is 13.1. The number of anilines is 1. The lowest BCUT2D eigenvalue weighted by atomic mass is 10.2. The molecule has 0 heterocycles. The standard InChI is InChI=1S/C20H18Cl2N2O4S/c21-13-4-7-16(22)17(9-13)29-11-19(26)28-10-18(25)23-15-3-1-2-12(8-15)20(27)24-14-5-6-14/h1-4,7-9,14H,5-6,10-11H2,(H,23,25)(H,24,27). The SMILES string of the molecule is O=C(COC(=O)CSc1cc(Cl)ccc1Cl)Nc1cccc(C(=O)NC2CC2)c1. The highest BCUT2D eigenvalue weighted by Gasteiger charge is 2.23. The Morgan fingerprint density at radius 1 is 1.10 bits per heavy atom. The van der Waals surface area contributed by atoms with E-state index in [0.29, 0.717) is 26.2 Å². The third kappa shape index (κ3) is 6.96. The highest BCUT2D eigenvalue weighted by atomic mass is 35.5. The van der Waals surface area contributed by atoms with Crippen LogP contribution in [0.15, 0.2) is 47.4 Å². The van der Waals surface area contributed by atoms with Gasteiger partial charge in [-0.1, -0.05) is 29.3 Å². The van der Waals surface area contributed by atoms with E-state index < -0.39 is 18.5 Å². The molecule has 0 unspecified atom stereocenters. The van der Waals surface area contributed by atoms with Crippen molar-refractivity contribution >= 4 is 58.4 Å². The van der Waals surface area contributed by atoms with Crippen LogP contribution in [-0.4, -0.2) is 36.2 Å². The number of hydrogen-bond donors (Lipinski definition) is 2. The van der Waals surface area contributed by atoms with Crippen molar-refractivity contribution < 1.29 is 19.1 Å². The first-order chi connectivity index (χ1) is 13.9. The average molecular weight is 453 g/mol. The van der Waals surface area contributed by atoms with Crippen molar-refractivity contribution in [1.29, 1.82) is 0 Å². The highest BCUT2D eigenvalue weighted by molar-refractivity contribution is 8.00. The zero-order valence-electron chi connectivity index (χ0n) is 15.2. The van der Waals surface area contributed by atoms with E-state index in [9.17, 15) is 14.4 Å². The van der Waals surface area contributed by atoms with E-state index >= 15 is 0 Å². The Morgan fingerprint density at radius 3 is 2.66 bits per heavy atom. The molecule has 1 fully saturated rings. The predicted octanol–water partition coefficient (Wildman–Crippen LogP) is 4.16. The predicted molar refractivity (Wildman–Crippen MR) is 114 cm³/mol. The number of carbonyl (C=O) groups excluding carboxylic acids is 3. The van der Waals surface area contributed by atoms with Crippen LogP contribution in [-0.2, 0) is 14.3 Å². The van der Waals surface area contributed by atoms with Gasteiger partial charge in [0.1, 0.15) is 0 Å². The molecule has 0 aromatic heterocycles. The fourth-order valence-electron chi connectivity index (χ4n) is 2.34. The van der Waals surface area contributed by atoms with Crippen LogP contribution in [0.2, 0.25) is 10.0 Å². The summed E-state index contributed by atoms with van der Waals surface area (Å²) in [7, 11) is 0. The summed E-state index contributed by atoms with van der Waals surface area (Å²) in [5.41, 5.74) is 0.913. The molecule has 0 saturated heterocycles. The molecule has 6 nitrogen and oxygen atoms in total. The number of amides is 2. The van der Waals surface area contributed by atoms with E-state index in [1.807, 2.05) is 0 Å². The third-order valence-corrected chi connectivity index (χ3v) is 5.63. The van der Waals surface area contributed by atoms with Crippen molar-refractivity contribution in [1.82, 2.24) is 5.32 Å². The van der Waals surface area contributed by atoms with Gasteiger partial charge in [0.25, 0.3) is 11.8 Å². The first kappa shape index (κ1) is 21.5. The number of nitrogens with one attached hydrogen (secondary N) is 2. The molecular formula is C20H18Cl2N2O4S. The monoisotopic (exact) mass is 452 g/mol. The number of ether oxygens (including phenoxy) is 1. The van der Waals surface area contributed by atoms with E-state index in [0.717, 1.165) is 12.8 Å². The van der Waals surface area contributed by atoms with Crippen LogP contribution in [0.25, 0.3) is 0 Å². The minimum atomic E-state index is -0.557. The van der Waals surface area contributed by atoms with Crippen molar-refractivity contribution in [3.63, 3.8) is 0 Å². The Balaban J connectivity index is 1.44. The van der Waals surface area contributed by atoms with Crippen molar-refractivity contribution in [2.75, 3.05) is 17.7 Å². The van der Waals surface area contributed by atoms with Crippen LogP contribution >= 0.6 is 35.0 Å². The Morgan fingerprint density at radius 2 is 1.90 bits per heavy atom. The van der Waals surface area contributed by atoms with Crippen molar-refractivity contribution in [3.8, 4) is 0 Å². The molecule has 2 amide bonds. The second-order valence-corrected chi connectivity index (χ2v) is 8.26. The van der Waals surface area contributed by atoms with Gasteiger partial charge >= 0.3 is 5.97 Å². The topological polar surface area (TPSA) is 84.5 Å². The van der Waals surface area contributed by atoms with Crippen LogP contribution in [0.1, 0.15) is 23.2 Å². The number of benzene rings is 2. The van der Waals surface area contributed by atoms with Crippen LogP contribution in [0.3, 0.4) is 0 Å². The maximum atomic E-state index is 12.1. The van der Waals surface area contributed by atoms with Gasteiger partial charge in [0.15, 0.2) is 6.61 Å². The van der Waals surface area contributed by atoms with Gasteiger partial charge in [-0.25, -0.2) is 0 Å². The van der Waals surface area contributed by atoms with E-state index in [2.05, 4.69) is 10.6 Å². The van der Waals surface area contributed by atoms with E-state index in [1.165, 1.54) is 11.8 Å². The number of carbonyl (C=O) groups is 3. The van der Waals surface area contributed by atoms with Gasteiger partial charge in [0.05, 0.1) is 10.8 Å². The third-order valence-electron chi connectivity index (χ3n) is 3.92. The number of halogens is 2. The number of esters is 1. The van der Waals surface area contributed by atoms with Gasteiger partial charge < -0.3 is 15.4 Å². The summed E-state index contributed by atoms with van der Waals surface area (Å²) in [5, 5.41) is 6.49. The zero-order valence-corrected chi connectivity index (χ0v) is 17.6. The smallest absolute Gasteiger partial charge is 0.316 e. The molecule has 29 heavy (non-hydrogen) atoms. The molecule has 2 aromatic rings. The summed E-state index contributed by atoms with van der Waals surface area (Å²) in [6.45, 7) is -0.429. The Kier molecular flexibility index (Phi) is 7.41. The molecule has 2 N–H and O–H groups in total. The molecule has 3 rings (SSSR count). The van der Waals surface area contributed by atoms with Crippen LogP contribution in [0, 0.1) is 0 Å². The summed E-state index contributed by atoms with van der Waals surface area (Å²) in [6, 6.07) is 11.8. The van der Waals surface area contributed by atoms with Crippen LogP contribution in [0.4, 0.5) is 5.69 Å². The summed E-state index contributed by atoms with van der Waals surface area (Å²) in [6.07, 6.45) is 1.99. The molecule has 1 aliphatic carbocycles. The molecule has 0 aliphatic heterocycles. The minimum absolute atomic E-state index is 0.00976. The van der Waals surface area contributed by atoms with E-state index in [1.54, 1.807) is 42.5 Å². The lowest BCUT2D eigenvalue weighted by Gasteiger charge is -2.09. The van der Waals surface area contributed by atoms with Gasteiger partial charge in [-0.05, 0) is 49.2 Å². The number of thioether (sulfide) groups is 1. The molecule has 152 valence electrons. The Labute approximate surface area is 182 Å². The van der Waals surface area contributed by atoms with E-state index in [-0.39, 0.29) is 17.7 Å². The average Bonchev–Trinajstić information content (AvgIpc) is 3.51. The Hall–Kier alpha value is -2.22. The first-order valence-electron chi connectivity index (χ1n) is 8.85. The van der Waals surface area contributed by atoms with Crippen molar-refractivity contribution in [3.05, 3.63) is 58.1 Å². The molecule has 0 spiro atoms. The number of rotatable bonds is 8. The van der Waals surface area contributed by atoms with Gasteiger partial charge in [-0.15, -0.1) is 11.8 Å². The summed E-state index contributed by atoms with van der Waals surface area (Å²) in [5.74, 6) is -1.24. The molecule has 1 saturated carbocycles. The van der Waals surface area contributed by atoms with Crippen molar-refractivity contribution in [2.45, 2.75) is 23.8 Å². The van der Waals surface area contributed by atoms with E-state index in [4.69, 9.17) is 27.9 Å². The first-order valence-corrected chi connectivity index (χ1v) is 10.6. The number of hydrogen-bond acceptors (Lipinski definition) is 5. The van der Waals surface area contributed by atoms with Crippen LogP contribution < -0.4 is 10.6 Å². The molecule has 0 atom stereocenters. The quantitative estimate of drug-likeness (QED) is 0.463. The summed E-state index contributed by atoms with van der Waals surface area (Å²) < 4.78 is 4.98. The second kappa shape index (κ2) is 10.0. The largest absolute Gasteiger partial charge is 0.455 e. The van der Waals surface area contributed by atoms with Crippen molar-refractivity contribution in [2.24, 2.45) is 0 Å². The maximum absolute atomic E-state index is 12.1. The van der Waals surface area contributed by atoms with Crippen LogP contribution in [0.5, 0.6) is 0 Å². The lowest BCUT2D eigenvalue weighted by Crippen LogP contribution is -2.25. The molecule has 1 aliphatic rings.